The van der Waals surface area contributed by atoms with Crippen LogP contribution in [0.5, 0.6) is 5.75 Å². The van der Waals surface area contributed by atoms with Crippen molar-refractivity contribution in [1.82, 2.24) is 5.32 Å². The molecule has 0 saturated heterocycles. The van der Waals surface area contributed by atoms with Crippen LogP contribution in [0.25, 0.3) is 0 Å². The fraction of sp³-hybridized carbons (Fsp3) is 0.562. The summed E-state index contributed by atoms with van der Waals surface area (Å²) in [5.74, 6) is 1.50. The van der Waals surface area contributed by atoms with Gasteiger partial charge in [0.25, 0.3) is 0 Å². The topological polar surface area (TPSA) is 47.6 Å². The van der Waals surface area contributed by atoms with Gasteiger partial charge in [-0.3, -0.25) is 4.79 Å². The van der Waals surface area contributed by atoms with Gasteiger partial charge in [0.2, 0.25) is 5.91 Å². The van der Waals surface area contributed by atoms with E-state index in [0.717, 1.165) is 30.9 Å². The lowest BCUT2D eigenvalue weighted by atomic mass is 10.2. The summed E-state index contributed by atoms with van der Waals surface area (Å²) in [5, 5.41) is 2.85. The van der Waals surface area contributed by atoms with Gasteiger partial charge >= 0.3 is 0 Å². The van der Waals surface area contributed by atoms with Crippen LogP contribution in [0.3, 0.4) is 0 Å². The lowest BCUT2D eigenvalue weighted by Crippen LogP contribution is -2.27. The first-order valence-electron chi connectivity index (χ1n) is 7.34. The second-order valence-corrected chi connectivity index (χ2v) is 5.23. The highest BCUT2D eigenvalue weighted by Crippen LogP contribution is 2.28. The summed E-state index contributed by atoms with van der Waals surface area (Å²) in [5.41, 5.74) is 1.06. The molecule has 1 fully saturated rings. The predicted octanol–water partition coefficient (Wildman–Crippen LogP) is 2.52. The molecular formula is C16H23NO3. The molecule has 1 aliphatic carbocycles. The summed E-state index contributed by atoms with van der Waals surface area (Å²) in [7, 11) is 0. The van der Waals surface area contributed by atoms with E-state index in [1.165, 1.54) is 12.8 Å². The molecular weight excluding hydrogens is 254 g/mol. The zero-order chi connectivity index (χ0) is 14.2. The number of carbonyl (C=O) groups is 1. The Labute approximate surface area is 120 Å². The van der Waals surface area contributed by atoms with Gasteiger partial charge < -0.3 is 14.8 Å². The molecule has 4 heteroatoms. The van der Waals surface area contributed by atoms with E-state index in [1.54, 1.807) is 0 Å². The van der Waals surface area contributed by atoms with Crippen molar-refractivity contribution in [1.29, 1.82) is 0 Å². The van der Waals surface area contributed by atoms with Crippen molar-refractivity contribution in [3.63, 3.8) is 0 Å². The Morgan fingerprint density at radius 1 is 1.30 bits per heavy atom. The normalized spacial score (nSPS) is 14.1. The standard InChI is InChI=1S/C16H23NO3/c1-2-9-20-15-7-5-13(6-8-15)10-17-16(18)12-19-11-14-3-4-14/h5-8,14H,2-4,9-12H2,1H3,(H,17,18). The van der Waals surface area contributed by atoms with Crippen LogP contribution in [0.2, 0.25) is 0 Å². The van der Waals surface area contributed by atoms with Gasteiger partial charge in [-0.05, 0) is 42.9 Å². The molecule has 1 amide bonds. The minimum atomic E-state index is -0.0584. The Bertz CT molecular complexity index is 412. The Hall–Kier alpha value is -1.55. The molecule has 0 aliphatic heterocycles. The summed E-state index contributed by atoms with van der Waals surface area (Å²) < 4.78 is 10.8. The molecule has 0 aromatic heterocycles. The molecule has 1 aromatic rings. The lowest BCUT2D eigenvalue weighted by Gasteiger charge is -2.08. The lowest BCUT2D eigenvalue weighted by molar-refractivity contribution is -0.126. The van der Waals surface area contributed by atoms with Crippen LogP contribution >= 0.6 is 0 Å². The van der Waals surface area contributed by atoms with Crippen LogP contribution in [-0.2, 0) is 16.1 Å². The largest absolute Gasteiger partial charge is 0.494 e. The second kappa shape index (κ2) is 7.90. The zero-order valence-corrected chi connectivity index (χ0v) is 12.1. The number of hydrogen-bond donors (Lipinski definition) is 1. The van der Waals surface area contributed by atoms with Gasteiger partial charge in [0, 0.05) is 6.54 Å². The maximum Gasteiger partial charge on any atom is 0.246 e. The van der Waals surface area contributed by atoms with Crippen LogP contribution < -0.4 is 10.1 Å². The predicted molar refractivity (Wildman–Crippen MR) is 77.6 cm³/mol. The van der Waals surface area contributed by atoms with Crippen molar-refractivity contribution in [2.45, 2.75) is 32.7 Å². The van der Waals surface area contributed by atoms with Crippen molar-refractivity contribution in [3.05, 3.63) is 29.8 Å². The van der Waals surface area contributed by atoms with E-state index in [0.29, 0.717) is 12.5 Å². The van der Waals surface area contributed by atoms with Gasteiger partial charge in [-0.1, -0.05) is 19.1 Å². The maximum absolute atomic E-state index is 11.6. The van der Waals surface area contributed by atoms with Gasteiger partial charge in [-0.25, -0.2) is 0 Å². The molecule has 0 atom stereocenters. The molecule has 0 radical (unpaired) electrons. The summed E-state index contributed by atoms with van der Waals surface area (Å²) in [4.78, 5) is 11.6. The van der Waals surface area contributed by atoms with Crippen molar-refractivity contribution < 1.29 is 14.3 Å². The van der Waals surface area contributed by atoms with Crippen LogP contribution in [0.15, 0.2) is 24.3 Å². The van der Waals surface area contributed by atoms with Crippen molar-refractivity contribution in [3.8, 4) is 5.75 Å². The van der Waals surface area contributed by atoms with E-state index < -0.39 is 0 Å². The van der Waals surface area contributed by atoms with Crippen molar-refractivity contribution in [2.24, 2.45) is 5.92 Å². The second-order valence-electron chi connectivity index (χ2n) is 5.23. The quantitative estimate of drug-likeness (QED) is 0.754. The molecule has 2 rings (SSSR count). The van der Waals surface area contributed by atoms with Gasteiger partial charge in [0.05, 0.1) is 13.2 Å². The van der Waals surface area contributed by atoms with Gasteiger partial charge in [0.15, 0.2) is 0 Å². The molecule has 20 heavy (non-hydrogen) atoms. The summed E-state index contributed by atoms with van der Waals surface area (Å²) in [6.45, 7) is 4.22. The number of carbonyl (C=O) groups excluding carboxylic acids is 1. The molecule has 0 bridgehead atoms. The Balaban J connectivity index is 1.63. The molecule has 4 nitrogen and oxygen atoms in total. The molecule has 1 saturated carbocycles. The minimum absolute atomic E-state index is 0.0584. The van der Waals surface area contributed by atoms with Crippen molar-refractivity contribution >= 4 is 5.91 Å². The van der Waals surface area contributed by atoms with Gasteiger partial charge in [-0.15, -0.1) is 0 Å². The number of amides is 1. The SMILES string of the molecule is CCCOc1ccc(CNC(=O)COCC2CC2)cc1. The van der Waals surface area contributed by atoms with Crippen LogP contribution in [-0.4, -0.2) is 25.7 Å². The smallest absolute Gasteiger partial charge is 0.246 e. The first-order valence-corrected chi connectivity index (χ1v) is 7.34. The molecule has 0 unspecified atom stereocenters. The number of rotatable bonds is 9. The van der Waals surface area contributed by atoms with Gasteiger partial charge in [0.1, 0.15) is 12.4 Å². The van der Waals surface area contributed by atoms with Gasteiger partial charge in [-0.2, -0.15) is 0 Å². The molecule has 0 heterocycles. The zero-order valence-electron chi connectivity index (χ0n) is 12.1. The van der Waals surface area contributed by atoms with E-state index in [-0.39, 0.29) is 12.5 Å². The monoisotopic (exact) mass is 277 g/mol. The van der Waals surface area contributed by atoms with E-state index in [9.17, 15) is 4.79 Å². The molecule has 1 aliphatic rings. The summed E-state index contributed by atoms with van der Waals surface area (Å²) in [6, 6.07) is 7.80. The van der Waals surface area contributed by atoms with Crippen LogP contribution in [0.1, 0.15) is 31.7 Å². The maximum atomic E-state index is 11.6. The third-order valence-electron chi connectivity index (χ3n) is 3.17. The fourth-order valence-electron chi connectivity index (χ4n) is 1.78. The molecule has 1 aromatic carbocycles. The average molecular weight is 277 g/mol. The Morgan fingerprint density at radius 2 is 2.05 bits per heavy atom. The molecule has 110 valence electrons. The summed E-state index contributed by atoms with van der Waals surface area (Å²) >= 11 is 0. The highest BCUT2D eigenvalue weighted by atomic mass is 16.5. The van der Waals surface area contributed by atoms with E-state index in [4.69, 9.17) is 9.47 Å². The minimum Gasteiger partial charge on any atom is -0.494 e. The molecule has 1 N–H and O–H groups in total. The van der Waals surface area contributed by atoms with E-state index in [1.807, 2.05) is 24.3 Å². The van der Waals surface area contributed by atoms with Crippen molar-refractivity contribution in [2.75, 3.05) is 19.8 Å². The molecule has 0 spiro atoms. The number of benzene rings is 1. The highest BCUT2D eigenvalue weighted by molar-refractivity contribution is 5.77. The number of nitrogens with one attached hydrogen (secondary N) is 1. The van der Waals surface area contributed by atoms with Crippen LogP contribution in [0.4, 0.5) is 0 Å². The average Bonchev–Trinajstić information content (AvgIpc) is 3.28. The first kappa shape index (κ1) is 14.9. The first-order chi connectivity index (χ1) is 9.78. The highest BCUT2D eigenvalue weighted by Gasteiger charge is 2.21. The fourth-order valence-corrected chi connectivity index (χ4v) is 1.78. The van der Waals surface area contributed by atoms with E-state index >= 15 is 0 Å². The third kappa shape index (κ3) is 5.61. The Morgan fingerprint density at radius 3 is 2.70 bits per heavy atom. The number of hydrogen-bond acceptors (Lipinski definition) is 3. The number of ether oxygens (including phenoxy) is 2. The van der Waals surface area contributed by atoms with E-state index in [2.05, 4.69) is 12.2 Å². The third-order valence-corrected chi connectivity index (χ3v) is 3.17. The summed E-state index contributed by atoms with van der Waals surface area (Å²) in [6.07, 6.45) is 3.49. The van der Waals surface area contributed by atoms with Crippen LogP contribution in [0, 0.1) is 5.92 Å². The Kier molecular flexibility index (Phi) is 5.87.